The standard InChI is InChI=1S/C10H9ClFNO4/c11-9-8(17-5-6-3-4-16-6)2-1-7(10(9)12)13(14)15/h1-2,6H,3-5H2. The second kappa shape index (κ2) is 4.85. The van der Waals surface area contributed by atoms with E-state index in [4.69, 9.17) is 21.1 Å². The first-order valence-electron chi connectivity index (χ1n) is 4.96. The van der Waals surface area contributed by atoms with Gasteiger partial charge < -0.3 is 9.47 Å². The van der Waals surface area contributed by atoms with Crippen molar-refractivity contribution in [1.82, 2.24) is 0 Å². The molecule has 0 aromatic heterocycles. The number of hydrogen-bond acceptors (Lipinski definition) is 4. The Hall–Kier alpha value is -1.40. The fourth-order valence-electron chi connectivity index (χ4n) is 1.37. The van der Waals surface area contributed by atoms with E-state index in [2.05, 4.69) is 0 Å². The van der Waals surface area contributed by atoms with Gasteiger partial charge >= 0.3 is 5.69 Å². The third-order valence-corrected chi connectivity index (χ3v) is 2.79. The van der Waals surface area contributed by atoms with E-state index in [0.29, 0.717) is 6.61 Å². The molecule has 1 saturated heterocycles. The van der Waals surface area contributed by atoms with Gasteiger partial charge in [-0.15, -0.1) is 0 Å². The maximum atomic E-state index is 13.4. The molecule has 1 aromatic rings. The largest absolute Gasteiger partial charge is 0.489 e. The van der Waals surface area contributed by atoms with Crippen molar-refractivity contribution in [3.63, 3.8) is 0 Å². The van der Waals surface area contributed by atoms with Crippen LogP contribution in [-0.4, -0.2) is 24.2 Å². The zero-order valence-corrected chi connectivity index (χ0v) is 9.45. The molecule has 0 aliphatic carbocycles. The normalized spacial score (nSPS) is 18.6. The smallest absolute Gasteiger partial charge is 0.306 e. The molecule has 0 saturated carbocycles. The molecule has 2 rings (SSSR count). The van der Waals surface area contributed by atoms with Gasteiger partial charge in [-0.2, -0.15) is 4.39 Å². The van der Waals surface area contributed by atoms with Crippen molar-refractivity contribution in [1.29, 1.82) is 0 Å². The first kappa shape index (κ1) is 12.1. The molecule has 1 heterocycles. The number of ether oxygens (including phenoxy) is 2. The molecule has 0 N–H and O–H groups in total. The van der Waals surface area contributed by atoms with Crippen LogP contribution in [0, 0.1) is 15.9 Å². The first-order valence-corrected chi connectivity index (χ1v) is 5.34. The summed E-state index contributed by atoms with van der Waals surface area (Å²) < 4.78 is 23.8. The minimum atomic E-state index is -1.08. The molecule has 92 valence electrons. The lowest BCUT2D eigenvalue weighted by Crippen LogP contribution is -2.32. The average Bonchev–Trinajstić information content (AvgIpc) is 2.21. The fraction of sp³-hybridized carbons (Fsp3) is 0.400. The second-order valence-corrected chi connectivity index (χ2v) is 3.94. The summed E-state index contributed by atoms with van der Waals surface area (Å²) in [4.78, 5) is 9.62. The summed E-state index contributed by atoms with van der Waals surface area (Å²) in [6.45, 7) is 0.952. The molecule has 1 atom stereocenters. The maximum Gasteiger partial charge on any atom is 0.306 e. The Morgan fingerprint density at radius 1 is 1.65 bits per heavy atom. The van der Waals surface area contributed by atoms with Crippen LogP contribution in [0.1, 0.15) is 6.42 Å². The number of nitro groups is 1. The fourth-order valence-corrected chi connectivity index (χ4v) is 1.59. The SMILES string of the molecule is O=[N+]([O-])c1ccc(OCC2CCO2)c(Cl)c1F. The summed E-state index contributed by atoms with van der Waals surface area (Å²) in [5.41, 5.74) is -0.665. The van der Waals surface area contributed by atoms with Gasteiger partial charge in [-0.1, -0.05) is 11.6 Å². The lowest BCUT2D eigenvalue weighted by molar-refractivity contribution is -0.387. The highest BCUT2D eigenvalue weighted by molar-refractivity contribution is 6.32. The van der Waals surface area contributed by atoms with E-state index in [1.165, 1.54) is 6.07 Å². The Bertz CT molecular complexity index is 450. The Morgan fingerprint density at radius 3 is 2.88 bits per heavy atom. The molecule has 1 aromatic carbocycles. The molecule has 7 heteroatoms. The first-order chi connectivity index (χ1) is 8.09. The quantitative estimate of drug-likeness (QED) is 0.617. The molecule has 0 amide bonds. The average molecular weight is 262 g/mol. The minimum Gasteiger partial charge on any atom is -0.489 e. The van der Waals surface area contributed by atoms with Crippen LogP contribution in [-0.2, 0) is 4.74 Å². The van der Waals surface area contributed by atoms with Crippen LogP contribution < -0.4 is 4.74 Å². The number of hydrogen-bond donors (Lipinski definition) is 0. The van der Waals surface area contributed by atoms with E-state index in [0.717, 1.165) is 12.5 Å². The summed E-state index contributed by atoms with van der Waals surface area (Å²) in [5.74, 6) is -0.992. The van der Waals surface area contributed by atoms with E-state index in [1.807, 2.05) is 0 Å². The maximum absolute atomic E-state index is 13.4. The molecular weight excluding hydrogens is 253 g/mol. The van der Waals surface area contributed by atoms with Gasteiger partial charge in [0, 0.05) is 19.1 Å². The summed E-state index contributed by atoms with van der Waals surface area (Å²) in [6.07, 6.45) is 0.872. The molecule has 0 spiro atoms. The van der Waals surface area contributed by atoms with E-state index >= 15 is 0 Å². The monoisotopic (exact) mass is 261 g/mol. The van der Waals surface area contributed by atoms with Gasteiger partial charge in [-0.3, -0.25) is 10.1 Å². The van der Waals surface area contributed by atoms with Crippen LogP contribution in [0.3, 0.4) is 0 Å². The lowest BCUT2D eigenvalue weighted by Gasteiger charge is -2.26. The Balaban J connectivity index is 2.12. The molecule has 1 aliphatic rings. The molecule has 0 radical (unpaired) electrons. The summed E-state index contributed by atoms with van der Waals surface area (Å²) in [7, 11) is 0. The van der Waals surface area contributed by atoms with Gasteiger partial charge in [-0.25, -0.2) is 0 Å². The van der Waals surface area contributed by atoms with E-state index < -0.39 is 16.4 Å². The summed E-state index contributed by atoms with van der Waals surface area (Å²) in [6, 6.07) is 2.31. The van der Waals surface area contributed by atoms with Gasteiger partial charge in [0.2, 0.25) is 5.82 Å². The van der Waals surface area contributed by atoms with Crippen LogP contribution >= 0.6 is 11.6 Å². The number of nitrogens with zero attached hydrogens (tertiary/aromatic N) is 1. The lowest BCUT2D eigenvalue weighted by atomic mass is 10.2. The zero-order chi connectivity index (χ0) is 12.4. The van der Waals surface area contributed by atoms with Crippen molar-refractivity contribution in [2.45, 2.75) is 12.5 Å². The number of nitro benzene ring substituents is 1. The highest BCUT2D eigenvalue weighted by Crippen LogP contribution is 2.33. The highest BCUT2D eigenvalue weighted by Gasteiger charge is 2.23. The second-order valence-electron chi connectivity index (χ2n) is 3.56. The van der Waals surface area contributed by atoms with Gasteiger partial charge in [0.1, 0.15) is 17.4 Å². The molecule has 1 aliphatic heterocycles. The predicted molar refractivity (Wildman–Crippen MR) is 57.9 cm³/mol. The topological polar surface area (TPSA) is 61.6 Å². The Morgan fingerprint density at radius 2 is 2.35 bits per heavy atom. The number of halogens is 2. The number of rotatable bonds is 4. The molecule has 1 fully saturated rings. The molecule has 0 bridgehead atoms. The summed E-state index contributed by atoms with van der Waals surface area (Å²) in [5, 5.41) is 10.1. The molecule has 5 nitrogen and oxygen atoms in total. The third kappa shape index (κ3) is 2.48. The van der Waals surface area contributed by atoms with Gasteiger partial charge in [0.15, 0.2) is 0 Å². The van der Waals surface area contributed by atoms with Gasteiger partial charge in [0.25, 0.3) is 0 Å². The van der Waals surface area contributed by atoms with Gasteiger partial charge in [0.05, 0.1) is 11.0 Å². The van der Waals surface area contributed by atoms with Crippen molar-refractivity contribution in [2.75, 3.05) is 13.2 Å². The zero-order valence-electron chi connectivity index (χ0n) is 8.69. The molecule has 17 heavy (non-hydrogen) atoms. The molecular formula is C10H9ClFNO4. The van der Waals surface area contributed by atoms with Crippen molar-refractivity contribution in [3.8, 4) is 5.75 Å². The van der Waals surface area contributed by atoms with Crippen molar-refractivity contribution in [3.05, 3.63) is 33.1 Å². The van der Waals surface area contributed by atoms with Crippen molar-refractivity contribution in [2.24, 2.45) is 0 Å². The van der Waals surface area contributed by atoms with Crippen LogP contribution in [0.2, 0.25) is 5.02 Å². The van der Waals surface area contributed by atoms with Crippen LogP contribution in [0.25, 0.3) is 0 Å². The Labute approximate surface area is 101 Å². The van der Waals surface area contributed by atoms with Crippen LogP contribution in [0.15, 0.2) is 12.1 Å². The summed E-state index contributed by atoms with van der Waals surface area (Å²) >= 11 is 5.64. The Kier molecular flexibility index (Phi) is 3.44. The van der Waals surface area contributed by atoms with Crippen molar-refractivity contribution < 1.29 is 18.8 Å². The van der Waals surface area contributed by atoms with E-state index in [-0.39, 0.29) is 23.5 Å². The molecule has 1 unspecified atom stereocenters. The highest BCUT2D eigenvalue weighted by atomic mass is 35.5. The van der Waals surface area contributed by atoms with Crippen LogP contribution in [0.5, 0.6) is 5.75 Å². The van der Waals surface area contributed by atoms with Crippen LogP contribution in [0.4, 0.5) is 10.1 Å². The predicted octanol–water partition coefficient (Wildman–Crippen LogP) is 2.56. The van der Waals surface area contributed by atoms with E-state index in [9.17, 15) is 14.5 Å². The van der Waals surface area contributed by atoms with Crippen molar-refractivity contribution >= 4 is 17.3 Å². The number of benzene rings is 1. The van der Waals surface area contributed by atoms with E-state index in [1.54, 1.807) is 0 Å². The minimum absolute atomic E-state index is 0.00989. The third-order valence-electron chi connectivity index (χ3n) is 2.44. The van der Waals surface area contributed by atoms with Gasteiger partial charge in [-0.05, 0) is 6.07 Å².